The molecule has 0 aliphatic rings. The number of carbonyl (C=O) groups is 1. The lowest BCUT2D eigenvalue weighted by molar-refractivity contribution is 0.102. The zero-order chi connectivity index (χ0) is 18.7. The SMILES string of the molecule is CCCn1ncc(C(=O)Nc2nn(Cc3ccccc3F)cc2Br)c1C. The van der Waals surface area contributed by atoms with Gasteiger partial charge in [0.1, 0.15) is 5.82 Å². The summed E-state index contributed by atoms with van der Waals surface area (Å²) in [6.07, 6.45) is 4.20. The Labute approximate surface area is 159 Å². The average molecular weight is 420 g/mol. The first kappa shape index (κ1) is 18.3. The predicted octanol–water partition coefficient (Wildman–Crippen LogP) is 4.00. The van der Waals surface area contributed by atoms with Gasteiger partial charge in [-0.2, -0.15) is 10.2 Å². The van der Waals surface area contributed by atoms with Gasteiger partial charge in [-0.1, -0.05) is 25.1 Å². The molecule has 0 bridgehead atoms. The minimum atomic E-state index is -0.288. The fraction of sp³-hybridized carbons (Fsp3) is 0.278. The number of halogens is 2. The lowest BCUT2D eigenvalue weighted by Crippen LogP contribution is -2.14. The highest BCUT2D eigenvalue weighted by molar-refractivity contribution is 9.10. The highest BCUT2D eigenvalue weighted by atomic mass is 79.9. The van der Waals surface area contributed by atoms with Crippen molar-refractivity contribution < 1.29 is 9.18 Å². The molecule has 6 nitrogen and oxygen atoms in total. The molecule has 0 radical (unpaired) electrons. The number of nitrogens with one attached hydrogen (secondary N) is 1. The van der Waals surface area contributed by atoms with Crippen molar-refractivity contribution in [3.8, 4) is 0 Å². The number of carbonyl (C=O) groups excluding carboxylic acids is 1. The largest absolute Gasteiger partial charge is 0.304 e. The van der Waals surface area contributed by atoms with Gasteiger partial charge < -0.3 is 5.32 Å². The van der Waals surface area contributed by atoms with Crippen molar-refractivity contribution in [1.29, 1.82) is 0 Å². The maximum absolute atomic E-state index is 13.8. The van der Waals surface area contributed by atoms with E-state index in [1.165, 1.54) is 6.07 Å². The van der Waals surface area contributed by atoms with E-state index in [4.69, 9.17) is 0 Å². The molecule has 0 saturated heterocycles. The van der Waals surface area contributed by atoms with Crippen LogP contribution < -0.4 is 5.32 Å². The maximum atomic E-state index is 13.8. The van der Waals surface area contributed by atoms with Crippen molar-refractivity contribution in [2.24, 2.45) is 0 Å². The van der Waals surface area contributed by atoms with E-state index in [9.17, 15) is 9.18 Å². The van der Waals surface area contributed by atoms with E-state index >= 15 is 0 Å². The van der Waals surface area contributed by atoms with Gasteiger partial charge in [-0.25, -0.2) is 4.39 Å². The fourth-order valence-corrected chi connectivity index (χ4v) is 3.06. The highest BCUT2D eigenvalue weighted by Gasteiger charge is 2.17. The van der Waals surface area contributed by atoms with Crippen LogP contribution >= 0.6 is 15.9 Å². The van der Waals surface area contributed by atoms with Crippen LogP contribution in [0.15, 0.2) is 41.1 Å². The predicted molar refractivity (Wildman–Crippen MR) is 101 cm³/mol. The normalized spacial score (nSPS) is 10.9. The molecule has 8 heteroatoms. The van der Waals surface area contributed by atoms with Crippen LogP contribution in [0, 0.1) is 12.7 Å². The zero-order valence-corrected chi connectivity index (χ0v) is 16.1. The summed E-state index contributed by atoms with van der Waals surface area (Å²) in [5.41, 5.74) is 1.84. The molecule has 0 fully saturated rings. The summed E-state index contributed by atoms with van der Waals surface area (Å²) in [5, 5.41) is 11.3. The van der Waals surface area contributed by atoms with E-state index in [0.29, 0.717) is 21.4 Å². The van der Waals surface area contributed by atoms with Gasteiger partial charge in [0.05, 0.1) is 22.8 Å². The van der Waals surface area contributed by atoms with Crippen molar-refractivity contribution in [2.75, 3.05) is 5.32 Å². The maximum Gasteiger partial charge on any atom is 0.260 e. The monoisotopic (exact) mass is 419 g/mol. The Morgan fingerprint density at radius 3 is 2.85 bits per heavy atom. The Bertz CT molecular complexity index is 934. The van der Waals surface area contributed by atoms with Crippen LogP contribution in [-0.2, 0) is 13.1 Å². The van der Waals surface area contributed by atoms with E-state index < -0.39 is 0 Å². The molecule has 0 aliphatic carbocycles. The number of aryl methyl sites for hydroxylation is 1. The smallest absolute Gasteiger partial charge is 0.260 e. The first-order valence-electron chi connectivity index (χ1n) is 8.29. The number of hydrogen-bond donors (Lipinski definition) is 1. The molecule has 0 unspecified atom stereocenters. The van der Waals surface area contributed by atoms with Crippen LogP contribution in [0.5, 0.6) is 0 Å². The van der Waals surface area contributed by atoms with E-state index in [1.54, 1.807) is 40.0 Å². The Morgan fingerprint density at radius 2 is 2.12 bits per heavy atom. The molecule has 0 spiro atoms. The summed E-state index contributed by atoms with van der Waals surface area (Å²) < 4.78 is 17.8. The second-order valence-corrected chi connectivity index (χ2v) is 6.79. The molecule has 2 aromatic heterocycles. The summed E-state index contributed by atoms with van der Waals surface area (Å²) in [6, 6.07) is 6.53. The lowest BCUT2D eigenvalue weighted by Gasteiger charge is -2.05. The Balaban J connectivity index is 1.75. The van der Waals surface area contributed by atoms with Gasteiger partial charge in [0, 0.05) is 24.0 Å². The van der Waals surface area contributed by atoms with E-state index in [0.717, 1.165) is 18.7 Å². The summed E-state index contributed by atoms with van der Waals surface area (Å²) in [5.74, 6) is -0.181. The Hall–Kier alpha value is -2.48. The average Bonchev–Trinajstić information content (AvgIpc) is 3.13. The third-order valence-electron chi connectivity index (χ3n) is 4.02. The number of rotatable bonds is 6. The minimum absolute atomic E-state index is 0.272. The molecule has 2 heterocycles. The molecular formula is C18H19BrFN5O. The number of amides is 1. The van der Waals surface area contributed by atoms with Crippen molar-refractivity contribution in [2.45, 2.75) is 33.4 Å². The molecule has 136 valence electrons. The van der Waals surface area contributed by atoms with Crippen LogP contribution in [0.3, 0.4) is 0 Å². The van der Waals surface area contributed by atoms with Crippen molar-refractivity contribution in [1.82, 2.24) is 19.6 Å². The van der Waals surface area contributed by atoms with Crippen LogP contribution in [0.4, 0.5) is 10.2 Å². The molecule has 1 N–H and O–H groups in total. The quantitative estimate of drug-likeness (QED) is 0.656. The molecule has 3 rings (SSSR count). The minimum Gasteiger partial charge on any atom is -0.304 e. The van der Waals surface area contributed by atoms with Crippen LogP contribution in [0.1, 0.15) is 35.0 Å². The third-order valence-corrected chi connectivity index (χ3v) is 4.60. The van der Waals surface area contributed by atoms with Gasteiger partial charge in [0.15, 0.2) is 5.82 Å². The summed E-state index contributed by atoms with van der Waals surface area (Å²) in [6.45, 7) is 4.96. The van der Waals surface area contributed by atoms with E-state index in [-0.39, 0.29) is 18.3 Å². The van der Waals surface area contributed by atoms with E-state index in [2.05, 4.69) is 38.4 Å². The molecule has 0 saturated carbocycles. The topological polar surface area (TPSA) is 64.7 Å². The van der Waals surface area contributed by atoms with Crippen LogP contribution in [-0.4, -0.2) is 25.5 Å². The van der Waals surface area contributed by atoms with Gasteiger partial charge in [-0.15, -0.1) is 0 Å². The van der Waals surface area contributed by atoms with Gasteiger partial charge in [-0.05, 0) is 35.3 Å². The molecular weight excluding hydrogens is 401 g/mol. The zero-order valence-electron chi connectivity index (χ0n) is 14.5. The molecule has 1 aromatic carbocycles. The number of benzene rings is 1. The lowest BCUT2D eigenvalue weighted by atomic mass is 10.2. The second-order valence-electron chi connectivity index (χ2n) is 5.94. The van der Waals surface area contributed by atoms with Crippen molar-refractivity contribution in [3.05, 3.63) is 63.8 Å². The fourth-order valence-electron chi connectivity index (χ4n) is 2.65. The van der Waals surface area contributed by atoms with Crippen LogP contribution in [0.25, 0.3) is 0 Å². The van der Waals surface area contributed by atoms with Gasteiger partial charge in [0.2, 0.25) is 0 Å². The number of aromatic nitrogens is 4. The standard InChI is InChI=1S/C18H19BrFN5O/c1-3-8-25-12(2)14(9-21-25)18(26)22-17-15(19)11-24(23-17)10-13-6-4-5-7-16(13)20/h4-7,9,11H,3,8,10H2,1-2H3,(H,22,23,26). The molecule has 26 heavy (non-hydrogen) atoms. The number of nitrogens with zero attached hydrogens (tertiary/aromatic N) is 4. The highest BCUT2D eigenvalue weighted by Crippen LogP contribution is 2.22. The Kier molecular flexibility index (Phi) is 5.51. The first-order chi connectivity index (χ1) is 12.5. The second kappa shape index (κ2) is 7.82. The molecule has 0 aliphatic heterocycles. The molecule has 1 amide bonds. The molecule has 3 aromatic rings. The summed E-state index contributed by atoms with van der Waals surface area (Å²) in [7, 11) is 0. The van der Waals surface area contributed by atoms with Gasteiger partial charge in [-0.3, -0.25) is 14.2 Å². The van der Waals surface area contributed by atoms with Gasteiger partial charge in [0.25, 0.3) is 5.91 Å². The molecule has 0 atom stereocenters. The number of anilines is 1. The summed E-state index contributed by atoms with van der Waals surface area (Å²) in [4.78, 5) is 12.5. The Morgan fingerprint density at radius 1 is 1.35 bits per heavy atom. The van der Waals surface area contributed by atoms with Crippen molar-refractivity contribution in [3.63, 3.8) is 0 Å². The third kappa shape index (κ3) is 3.85. The van der Waals surface area contributed by atoms with E-state index in [1.807, 2.05) is 6.92 Å². The first-order valence-corrected chi connectivity index (χ1v) is 9.09. The van der Waals surface area contributed by atoms with Crippen LogP contribution in [0.2, 0.25) is 0 Å². The van der Waals surface area contributed by atoms with Gasteiger partial charge >= 0.3 is 0 Å². The van der Waals surface area contributed by atoms with Crippen molar-refractivity contribution >= 4 is 27.7 Å². The number of hydrogen-bond acceptors (Lipinski definition) is 3. The summed E-state index contributed by atoms with van der Waals surface area (Å²) >= 11 is 3.39.